The molecule has 59 heavy (non-hydrogen) atoms. The summed E-state index contributed by atoms with van der Waals surface area (Å²) in [5.41, 5.74) is 13.0. The third-order valence-electron chi connectivity index (χ3n) is 12.6. The number of benzene rings is 10. The van der Waals surface area contributed by atoms with E-state index >= 15 is 0 Å². The fourth-order valence-corrected chi connectivity index (χ4v) is 10.0. The molecule has 0 atom stereocenters. The van der Waals surface area contributed by atoms with Crippen molar-refractivity contribution in [3.05, 3.63) is 212 Å². The molecule has 0 spiro atoms. The number of rotatable bonds is 4. The fraction of sp³-hybridized carbons (Fsp3) is 0. The molecule has 0 aliphatic rings. The predicted octanol–water partition coefficient (Wildman–Crippen LogP) is 15.0. The number of para-hydroxylation sites is 4. The molecule has 3 heterocycles. The Bertz CT molecular complexity index is 3840. The van der Waals surface area contributed by atoms with Gasteiger partial charge in [0, 0.05) is 54.9 Å². The van der Waals surface area contributed by atoms with E-state index in [-0.39, 0.29) is 0 Å². The second-order valence-corrected chi connectivity index (χ2v) is 15.7. The SMILES string of the molecule is c1ccc(-n2c3ccccc3c3ccc(-n4c5ccccc5c5cc6ccccc6c(-c6ccc7c8ccccc8n(-c8ccc9ccccc9c8)c7c6)c54)cc32)cc1. The van der Waals surface area contributed by atoms with Crippen molar-refractivity contribution in [2.75, 3.05) is 0 Å². The van der Waals surface area contributed by atoms with Crippen molar-refractivity contribution < 1.29 is 0 Å². The predicted molar refractivity (Wildman–Crippen MR) is 250 cm³/mol. The highest BCUT2D eigenvalue weighted by atomic mass is 15.0. The zero-order valence-corrected chi connectivity index (χ0v) is 32.0. The summed E-state index contributed by atoms with van der Waals surface area (Å²) in [6, 6.07) is 78.2. The van der Waals surface area contributed by atoms with E-state index in [0.29, 0.717) is 0 Å². The van der Waals surface area contributed by atoms with Gasteiger partial charge in [0.15, 0.2) is 0 Å². The highest BCUT2D eigenvalue weighted by molar-refractivity contribution is 6.22. The van der Waals surface area contributed by atoms with Gasteiger partial charge in [-0.1, -0.05) is 146 Å². The summed E-state index contributed by atoms with van der Waals surface area (Å²) in [5, 5.41) is 12.4. The molecule has 0 amide bonds. The maximum absolute atomic E-state index is 2.52. The maximum atomic E-state index is 2.52. The third-order valence-corrected chi connectivity index (χ3v) is 12.6. The van der Waals surface area contributed by atoms with Gasteiger partial charge in [-0.3, -0.25) is 0 Å². The van der Waals surface area contributed by atoms with Crippen LogP contribution in [0.15, 0.2) is 212 Å². The van der Waals surface area contributed by atoms with Crippen molar-refractivity contribution >= 4 is 87.0 Å². The minimum atomic E-state index is 1.13. The molecule has 0 aliphatic carbocycles. The van der Waals surface area contributed by atoms with Crippen molar-refractivity contribution in [1.29, 1.82) is 0 Å². The minimum absolute atomic E-state index is 1.13. The summed E-state index contributed by atoms with van der Waals surface area (Å²) >= 11 is 0. The number of hydrogen-bond donors (Lipinski definition) is 0. The lowest BCUT2D eigenvalue weighted by atomic mass is 9.94. The van der Waals surface area contributed by atoms with E-state index in [9.17, 15) is 0 Å². The van der Waals surface area contributed by atoms with Gasteiger partial charge in [-0.25, -0.2) is 0 Å². The highest BCUT2D eigenvalue weighted by Gasteiger charge is 2.22. The van der Waals surface area contributed by atoms with Crippen LogP contribution < -0.4 is 0 Å². The molecule has 0 saturated carbocycles. The van der Waals surface area contributed by atoms with Gasteiger partial charge in [-0.05, 0) is 93.8 Å². The Labute approximate surface area is 339 Å². The zero-order chi connectivity index (χ0) is 38.6. The van der Waals surface area contributed by atoms with Crippen LogP contribution in [0, 0.1) is 0 Å². The van der Waals surface area contributed by atoms with Crippen LogP contribution in [-0.2, 0) is 0 Å². The summed E-state index contributed by atoms with van der Waals surface area (Å²) in [6.45, 7) is 0. The van der Waals surface area contributed by atoms with Gasteiger partial charge in [0.2, 0.25) is 0 Å². The zero-order valence-electron chi connectivity index (χ0n) is 32.0. The Balaban J connectivity index is 1.15. The molecule has 3 heteroatoms. The number of fused-ring (bicyclic) bond motifs is 11. The normalized spacial score (nSPS) is 12.1. The monoisotopic (exact) mass is 749 g/mol. The molecule has 13 aromatic rings. The summed E-state index contributed by atoms with van der Waals surface area (Å²) in [7, 11) is 0. The Morgan fingerprint density at radius 3 is 1.46 bits per heavy atom. The van der Waals surface area contributed by atoms with Crippen LogP contribution in [0.5, 0.6) is 0 Å². The lowest BCUT2D eigenvalue weighted by Gasteiger charge is -2.16. The first-order valence-electron chi connectivity index (χ1n) is 20.4. The lowest BCUT2D eigenvalue weighted by Crippen LogP contribution is -1.98. The van der Waals surface area contributed by atoms with Crippen LogP contribution in [0.4, 0.5) is 0 Å². The van der Waals surface area contributed by atoms with E-state index in [1.165, 1.54) is 98.1 Å². The van der Waals surface area contributed by atoms with E-state index in [2.05, 4.69) is 226 Å². The largest absolute Gasteiger partial charge is 0.309 e. The molecule has 10 aromatic carbocycles. The molecule has 274 valence electrons. The number of aromatic nitrogens is 3. The second kappa shape index (κ2) is 12.3. The van der Waals surface area contributed by atoms with Gasteiger partial charge in [0.1, 0.15) is 0 Å². The van der Waals surface area contributed by atoms with Crippen molar-refractivity contribution in [3.8, 4) is 28.2 Å². The standard InChI is InChI=1S/C56H35N3/c1-2-17-40(18-3-1)57-50-23-11-8-21-45(50)48-31-29-42(35-54(48)57)59-52-25-13-10-22-46(52)49-33-38-16-6-7-19-43(38)55(56(49)59)39-27-30-47-44-20-9-12-24-51(44)58(53(47)34-39)41-28-26-36-14-4-5-15-37(36)32-41/h1-35H. The van der Waals surface area contributed by atoms with Gasteiger partial charge in [-0.15, -0.1) is 0 Å². The molecule has 3 aromatic heterocycles. The maximum Gasteiger partial charge on any atom is 0.0625 e. The Kier molecular flexibility index (Phi) is 6.72. The molecule has 0 aliphatic heterocycles. The van der Waals surface area contributed by atoms with Crippen LogP contribution in [0.1, 0.15) is 0 Å². The summed E-state index contributed by atoms with van der Waals surface area (Å²) in [5.74, 6) is 0. The van der Waals surface area contributed by atoms with Gasteiger partial charge in [-0.2, -0.15) is 0 Å². The van der Waals surface area contributed by atoms with Crippen molar-refractivity contribution in [1.82, 2.24) is 13.7 Å². The van der Waals surface area contributed by atoms with Crippen LogP contribution in [0.3, 0.4) is 0 Å². The molecule has 0 radical (unpaired) electrons. The summed E-state index contributed by atoms with van der Waals surface area (Å²) in [6.07, 6.45) is 0. The number of hydrogen-bond acceptors (Lipinski definition) is 0. The molecular weight excluding hydrogens is 715 g/mol. The van der Waals surface area contributed by atoms with Crippen LogP contribution in [-0.4, -0.2) is 13.7 Å². The lowest BCUT2D eigenvalue weighted by molar-refractivity contribution is 1.16. The molecule has 3 nitrogen and oxygen atoms in total. The summed E-state index contributed by atoms with van der Waals surface area (Å²) < 4.78 is 7.38. The van der Waals surface area contributed by atoms with Crippen LogP contribution in [0.2, 0.25) is 0 Å². The second-order valence-electron chi connectivity index (χ2n) is 15.7. The molecule has 0 bridgehead atoms. The Hall–Kier alpha value is -7.88. The first kappa shape index (κ1) is 32.2. The topological polar surface area (TPSA) is 14.8 Å². The van der Waals surface area contributed by atoms with Crippen LogP contribution in [0.25, 0.3) is 115 Å². The molecule has 13 rings (SSSR count). The molecule has 0 unspecified atom stereocenters. The average Bonchev–Trinajstić information content (AvgIpc) is 3.93. The first-order chi connectivity index (χ1) is 29.3. The van der Waals surface area contributed by atoms with E-state index in [1.54, 1.807) is 0 Å². The number of nitrogens with zero attached hydrogens (tertiary/aromatic N) is 3. The minimum Gasteiger partial charge on any atom is -0.309 e. The Morgan fingerprint density at radius 2 is 0.729 bits per heavy atom. The van der Waals surface area contributed by atoms with E-state index in [0.717, 1.165) is 17.1 Å². The fourth-order valence-electron chi connectivity index (χ4n) is 10.0. The molecular formula is C56H35N3. The van der Waals surface area contributed by atoms with E-state index < -0.39 is 0 Å². The van der Waals surface area contributed by atoms with Crippen molar-refractivity contribution in [3.63, 3.8) is 0 Å². The van der Waals surface area contributed by atoms with E-state index in [4.69, 9.17) is 0 Å². The molecule has 0 N–H and O–H groups in total. The summed E-state index contributed by atoms with van der Waals surface area (Å²) in [4.78, 5) is 0. The Morgan fingerprint density at radius 1 is 0.237 bits per heavy atom. The van der Waals surface area contributed by atoms with Crippen molar-refractivity contribution in [2.45, 2.75) is 0 Å². The van der Waals surface area contributed by atoms with Crippen molar-refractivity contribution in [2.24, 2.45) is 0 Å². The van der Waals surface area contributed by atoms with E-state index in [1.807, 2.05) is 0 Å². The quantitative estimate of drug-likeness (QED) is 0.170. The molecule has 0 saturated heterocycles. The van der Waals surface area contributed by atoms with Crippen LogP contribution >= 0.6 is 0 Å². The third kappa shape index (κ3) is 4.64. The van der Waals surface area contributed by atoms with Gasteiger partial charge in [0.05, 0.1) is 33.1 Å². The first-order valence-corrected chi connectivity index (χ1v) is 20.4. The van der Waals surface area contributed by atoms with Gasteiger partial charge in [0.25, 0.3) is 0 Å². The molecule has 0 fully saturated rings. The highest BCUT2D eigenvalue weighted by Crippen LogP contribution is 2.45. The van der Waals surface area contributed by atoms with Gasteiger partial charge >= 0.3 is 0 Å². The average molecular weight is 750 g/mol. The van der Waals surface area contributed by atoms with Gasteiger partial charge < -0.3 is 13.7 Å². The smallest absolute Gasteiger partial charge is 0.0625 e.